The molecule has 4 nitrogen and oxygen atoms in total. The summed E-state index contributed by atoms with van der Waals surface area (Å²) in [5, 5.41) is 11.5. The molecule has 0 aliphatic rings. The summed E-state index contributed by atoms with van der Waals surface area (Å²) in [6, 6.07) is 3.24. The van der Waals surface area contributed by atoms with E-state index in [1.165, 1.54) is 24.1 Å². The van der Waals surface area contributed by atoms with Crippen molar-refractivity contribution in [3.05, 3.63) is 29.3 Å². The summed E-state index contributed by atoms with van der Waals surface area (Å²) in [6.45, 7) is 3.29. The number of anilines is 1. The zero-order valence-corrected chi connectivity index (χ0v) is 12.2. The molecule has 21 heavy (non-hydrogen) atoms. The summed E-state index contributed by atoms with van der Waals surface area (Å²) in [4.78, 5) is 13.8. The van der Waals surface area contributed by atoms with Crippen molar-refractivity contribution in [3.63, 3.8) is 0 Å². The molecular formula is C14H19F3N2O2. The maximum atomic E-state index is 13.0. The quantitative estimate of drug-likeness (QED) is 0.879. The minimum atomic E-state index is -4.55. The molecule has 2 N–H and O–H groups in total. The molecule has 7 heteroatoms. The second-order valence-electron chi connectivity index (χ2n) is 4.79. The van der Waals surface area contributed by atoms with Crippen LogP contribution >= 0.6 is 0 Å². The molecule has 0 atom stereocenters. The van der Waals surface area contributed by atoms with Gasteiger partial charge in [0.05, 0.1) is 23.4 Å². The van der Waals surface area contributed by atoms with Crippen molar-refractivity contribution in [2.75, 3.05) is 25.5 Å². The number of alkyl halides is 3. The number of carbonyl (C=O) groups excluding carboxylic acids is 1. The van der Waals surface area contributed by atoms with Crippen molar-refractivity contribution >= 4 is 11.6 Å². The average molecular weight is 304 g/mol. The molecule has 1 aromatic rings. The Morgan fingerprint density at radius 3 is 2.43 bits per heavy atom. The topological polar surface area (TPSA) is 52.6 Å². The lowest BCUT2D eigenvalue weighted by Gasteiger charge is -2.27. The molecule has 0 saturated carbocycles. The maximum absolute atomic E-state index is 13.0. The molecule has 0 heterocycles. The number of carbonyl (C=O) groups is 1. The number of nitrogens with zero attached hydrogens (tertiary/aromatic N) is 1. The molecule has 0 fully saturated rings. The number of hydrogen-bond acceptors (Lipinski definition) is 3. The van der Waals surface area contributed by atoms with Gasteiger partial charge in [-0.05, 0) is 26.0 Å². The summed E-state index contributed by atoms with van der Waals surface area (Å²) < 4.78 is 38.9. The third kappa shape index (κ3) is 3.87. The number of benzene rings is 1. The molecule has 0 saturated heterocycles. The van der Waals surface area contributed by atoms with Crippen LogP contribution in [0.1, 0.15) is 29.8 Å². The van der Waals surface area contributed by atoms with Crippen LogP contribution in [-0.4, -0.2) is 42.2 Å². The number of hydrogen-bond donors (Lipinski definition) is 2. The van der Waals surface area contributed by atoms with Crippen molar-refractivity contribution in [2.45, 2.75) is 26.1 Å². The predicted octanol–water partition coefficient (Wildman–Crippen LogP) is 2.59. The highest BCUT2D eigenvalue weighted by atomic mass is 19.4. The van der Waals surface area contributed by atoms with Gasteiger partial charge in [-0.25, -0.2) is 0 Å². The summed E-state index contributed by atoms with van der Waals surface area (Å²) >= 11 is 0. The normalized spacial score (nSPS) is 11.6. The Hall–Kier alpha value is -1.76. The number of aliphatic hydroxyl groups is 1. The predicted molar refractivity (Wildman–Crippen MR) is 74.2 cm³/mol. The van der Waals surface area contributed by atoms with E-state index in [1.54, 1.807) is 13.8 Å². The van der Waals surface area contributed by atoms with Gasteiger partial charge in [-0.15, -0.1) is 0 Å². The molecule has 0 aromatic heterocycles. The lowest BCUT2D eigenvalue weighted by molar-refractivity contribution is -0.136. The first kappa shape index (κ1) is 17.3. The van der Waals surface area contributed by atoms with E-state index in [2.05, 4.69) is 5.32 Å². The molecule has 1 amide bonds. The van der Waals surface area contributed by atoms with Crippen LogP contribution in [0.25, 0.3) is 0 Å². The summed E-state index contributed by atoms with van der Waals surface area (Å²) in [5.41, 5.74) is -1.20. The monoisotopic (exact) mass is 304 g/mol. The van der Waals surface area contributed by atoms with Crippen molar-refractivity contribution in [2.24, 2.45) is 0 Å². The first-order chi connectivity index (χ1) is 9.73. The Bertz CT molecular complexity index is 501. The van der Waals surface area contributed by atoms with E-state index >= 15 is 0 Å². The van der Waals surface area contributed by atoms with E-state index in [9.17, 15) is 18.0 Å². The van der Waals surface area contributed by atoms with Crippen LogP contribution in [0.15, 0.2) is 18.2 Å². The lowest BCUT2D eigenvalue weighted by atomic mass is 10.0. The van der Waals surface area contributed by atoms with Gasteiger partial charge in [-0.2, -0.15) is 13.2 Å². The van der Waals surface area contributed by atoms with Crippen molar-refractivity contribution in [1.82, 2.24) is 4.90 Å². The van der Waals surface area contributed by atoms with Gasteiger partial charge in [-0.3, -0.25) is 4.79 Å². The van der Waals surface area contributed by atoms with Gasteiger partial charge in [0.25, 0.3) is 5.91 Å². The molecule has 0 unspecified atom stereocenters. The van der Waals surface area contributed by atoms with Crippen molar-refractivity contribution < 1.29 is 23.1 Å². The first-order valence-corrected chi connectivity index (χ1v) is 6.53. The number of rotatable bonds is 5. The molecule has 0 aliphatic heterocycles. The minimum Gasteiger partial charge on any atom is -0.395 e. The number of halogens is 3. The average Bonchev–Trinajstić information content (AvgIpc) is 2.41. The maximum Gasteiger partial charge on any atom is 0.418 e. The third-order valence-electron chi connectivity index (χ3n) is 3.08. The van der Waals surface area contributed by atoms with E-state index in [0.29, 0.717) is 0 Å². The Balaban J connectivity index is 3.33. The minimum absolute atomic E-state index is 0.0607. The van der Waals surface area contributed by atoms with Crippen LogP contribution in [0.2, 0.25) is 0 Å². The smallest absolute Gasteiger partial charge is 0.395 e. The Morgan fingerprint density at radius 2 is 2.00 bits per heavy atom. The highest BCUT2D eigenvalue weighted by Gasteiger charge is 2.35. The molecular weight excluding hydrogens is 285 g/mol. The third-order valence-corrected chi connectivity index (χ3v) is 3.08. The van der Waals surface area contributed by atoms with Crippen LogP contribution in [0.4, 0.5) is 18.9 Å². The standard InChI is InChI=1S/C14H19F3N2O2/c1-9(2)19(7-8-20)13(21)10-5-4-6-11(12(10)18-3)14(15,16)17/h4-6,9,18,20H,7-8H2,1-3H3. The van der Waals surface area contributed by atoms with Gasteiger partial charge in [0.2, 0.25) is 0 Å². The Morgan fingerprint density at radius 1 is 1.38 bits per heavy atom. The number of nitrogens with one attached hydrogen (secondary N) is 1. The van der Waals surface area contributed by atoms with Gasteiger partial charge >= 0.3 is 6.18 Å². The van der Waals surface area contributed by atoms with Crippen LogP contribution in [-0.2, 0) is 6.18 Å². The number of para-hydroxylation sites is 1. The fraction of sp³-hybridized carbons (Fsp3) is 0.500. The zero-order valence-electron chi connectivity index (χ0n) is 12.2. The Labute approximate surface area is 121 Å². The SMILES string of the molecule is CNc1c(C(=O)N(CCO)C(C)C)cccc1C(F)(F)F. The fourth-order valence-electron chi connectivity index (χ4n) is 2.09. The van der Waals surface area contributed by atoms with Crippen molar-refractivity contribution in [1.29, 1.82) is 0 Å². The molecule has 0 bridgehead atoms. The molecule has 0 radical (unpaired) electrons. The van der Waals surface area contributed by atoms with Gasteiger partial charge in [-0.1, -0.05) is 6.07 Å². The molecule has 118 valence electrons. The largest absolute Gasteiger partial charge is 0.418 e. The van der Waals surface area contributed by atoms with E-state index in [0.717, 1.165) is 6.07 Å². The van der Waals surface area contributed by atoms with Gasteiger partial charge in [0.1, 0.15) is 0 Å². The van der Waals surface area contributed by atoms with E-state index in [1.807, 2.05) is 0 Å². The van der Waals surface area contributed by atoms with E-state index < -0.39 is 17.6 Å². The van der Waals surface area contributed by atoms with Gasteiger partial charge in [0.15, 0.2) is 0 Å². The van der Waals surface area contributed by atoms with Crippen LogP contribution < -0.4 is 5.32 Å². The summed E-state index contributed by atoms with van der Waals surface area (Å²) in [5.74, 6) is -0.547. The highest BCUT2D eigenvalue weighted by Crippen LogP contribution is 2.36. The first-order valence-electron chi connectivity index (χ1n) is 6.53. The molecule has 0 aliphatic carbocycles. The number of aliphatic hydroxyl groups excluding tert-OH is 1. The zero-order chi connectivity index (χ0) is 16.2. The van der Waals surface area contributed by atoms with Crippen LogP contribution in [0, 0.1) is 0 Å². The highest BCUT2D eigenvalue weighted by molar-refractivity contribution is 6.00. The second-order valence-corrected chi connectivity index (χ2v) is 4.79. The second kappa shape index (κ2) is 6.80. The summed E-state index contributed by atoms with van der Waals surface area (Å²) in [6.07, 6.45) is -4.55. The van der Waals surface area contributed by atoms with Gasteiger partial charge < -0.3 is 15.3 Å². The summed E-state index contributed by atoms with van der Waals surface area (Å²) in [7, 11) is 1.34. The van der Waals surface area contributed by atoms with E-state index in [-0.39, 0.29) is 30.4 Å². The molecule has 0 spiro atoms. The van der Waals surface area contributed by atoms with Crippen LogP contribution in [0.5, 0.6) is 0 Å². The Kier molecular flexibility index (Phi) is 5.60. The van der Waals surface area contributed by atoms with Gasteiger partial charge in [0, 0.05) is 19.6 Å². The van der Waals surface area contributed by atoms with E-state index in [4.69, 9.17) is 5.11 Å². The number of amides is 1. The lowest BCUT2D eigenvalue weighted by Crippen LogP contribution is -2.39. The van der Waals surface area contributed by atoms with Crippen LogP contribution in [0.3, 0.4) is 0 Å². The molecule has 1 aromatic carbocycles. The van der Waals surface area contributed by atoms with Crippen molar-refractivity contribution in [3.8, 4) is 0 Å². The fourth-order valence-corrected chi connectivity index (χ4v) is 2.09. The molecule has 1 rings (SSSR count).